The van der Waals surface area contributed by atoms with E-state index in [9.17, 15) is 31.1 Å². The lowest BCUT2D eigenvalue weighted by Gasteiger charge is -2.25. The Labute approximate surface area is 225 Å². The monoisotopic (exact) mass is 576 g/mol. The largest absolute Gasteiger partial charge is 0.418 e. The minimum absolute atomic E-state index is 0.241. The fraction of sp³-hybridized carbons (Fsp3) is 0.423. The van der Waals surface area contributed by atoms with Crippen molar-refractivity contribution in [2.45, 2.75) is 41.0 Å². The number of nitrogens with zero attached hydrogens (tertiary/aromatic N) is 1. The molecule has 2 aliphatic heterocycles. The van der Waals surface area contributed by atoms with E-state index in [2.05, 4.69) is 5.32 Å². The molecule has 0 aromatic heterocycles. The lowest BCUT2D eigenvalue weighted by atomic mass is 9.99. The maximum atomic E-state index is 14.2. The van der Waals surface area contributed by atoms with Gasteiger partial charge in [-0.1, -0.05) is 23.9 Å². The van der Waals surface area contributed by atoms with Crippen LogP contribution < -0.4 is 5.32 Å². The van der Waals surface area contributed by atoms with Crippen LogP contribution in [0.3, 0.4) is 0 Å². The number of anilines is 1. The molecule has 2 saturated heterocycles. The molecule has 38 heavy (non-hydrogen) atoms. The summed E-state index contributed by atoms with van der Waals surface area (Å²) in [5, 5.41) is 3.37. The maximum absolute atomic E-state index is 14.2. The number of rotatable bonds is 6. The minimum atomic E-state index is -5.30. The number of halogens is 6. The van der Waals surface area contributed by atoms with Crippen molar-refractivity contribution in [3.8, 4) is 0 Å². The van der Waals surface area contributed by atoms with Crippen molar-refractivity contribution in [3.63, 3.8) is 0 Å². The van der Waals surface area contributed by atoms with Crippen molar-refractivity contribution in [1.29, 1.82) is 0 Å². The summed E-state index contributed by atoms with van der Waals surface area (Å²) in [6, 6.07) is 8.91. The number of amides is 1. The molecule has 0 bridgehead atoms. The van der Waals surface area contributed by atoms with Crippen LogP contribution in [-0.4, -0.2) is 54.7 Å². The highest BCUT2D eigenvalue weighted by Gasteiger charge is 2.46. The van der Waals surface area contributed by atoms with E-state index in [1.807, 2.05) is 11.8 Å². The van der Waals surface area contributed by atoms with Gasteiger partial charge in [0.15, 0.2) is 0 Å². The van der Waals surface area contributed by atoms with Crippen LogP contribution in [0.15, 0.2) is 52.3 Å². The zero-order valence-electron chi connectivity index (χ0n) is 20.2. The second-order valence-electron chi connectivity index (χ2n) is 8.83. The molecule has 0 saturated carbocycles. The van der Waals surface area contributed by atoms with Gasteiger partial charge in [-0.2, -0.15) is 38.1 Å². The van der Waals surface area contributed by atoms with E-state index in [-0.39, 0.29) is 32.3 Å². The second kappa shape index (κ2) is 12.3. The van der Waals surface area contributed by atoms with Gasteiger partial charge in [0.05, 0.1) is 24.3 Å². The highest BCUT2D eigenvalue weighted by atomic mass is 32.2. The molecule has 1 amide bonds. The van der Waals surface area contributed by atoms with Gasteiger partial charge in [-0.25, -0.2) is 0 Å². The van der Waals surface area contributed by atoms with Crippen molar-refractivity contribution >= 4 is 41.2 Å². The minimum Gasteiger partial charge on any atom is -0.382 e. The predicted molar refractivity (Wildman–Crippen MR) is 137 cm³/mol. The van der Waals surface area contributed by atoms with Gasteiger partial charge < -0.3 is 15.0 Å². The van der Waals surface area contributed by atoms with Crippen LogP contribution in [0.25, 0.3) is 6.08 Å². The summed E-state index contributed by atoms with van der Waals surface area (Å²) >= 11 is 2.49. The van der Waals surface area contributed by atoms with Crippen LogP contribution in [0, 0.1) is 0 Å². The van der Waals surface area contributed by atoms with E-state index in [0.717, 1.165) is 48.6 Å². The third kappa shape index (κ3) is 7.41. The Bertz CT molecular complexity index is 1160. The molecule has 0 radical (unpaired) electrons. The fourth-order valence-corrected chi connectivity index (χ4v) is 6.46. The Morgan fingerprint density at radius 2 is 1.68 bits per heavy atom. The quantitative estimate of drug-likeness (QED) is 0.295. The molecule has 0 aliphatic carbocycles. The van der Waals surface area contributed by atoms with Crippen LogP contribution in [-0.2, 0) is 21.9 Å². The first-order valence-electron chi connectivity index (χ1n) is 12.0. The van der Waals surface area contributed by atoms with Crippen molar-refractivity contribution in [1.82, 2.24) is 4.90 Å². The van der Waals surface area contributed by atoms with Crippen molar-refractivity contribution < 1.29 is 35.9 Å². The molecule has 2 aliphatic rings. The lowest BCUT2D eigenvalue weighted by molar-refractivity contribution is -0.163. The number of morpholine rings is 1. The van der Waals surface area contributed by atoms with Crippen LogP contribution >= 0.6 is 23.5 Å². The Balaban J connectivity index is 1.66. The smallest absolute Gasteiger partial charge is 0.382 e. The second-order valence-corrected chi connectivity index (χ2v) is 11.2. The van der Waals surface area contributed by atoms with Crippen molar-refractivity contribution in [3.05, 3.63) is 59.2 Å². The van der Waals surface area contributed by atoms with E-state index in [4.69, 9.17) is 4.74 Å². The normalized spacial score (nSPS) is 17.7. The molecule has 0 unspecified atom stereocenters. The molecule has 0 spiro atoms. The topological polar surface area (TPSA) is 41.6 Å². The molecule has 1 N–H and O–H groups in total. The zero-order valence-corrected chi connectivity index (χ0v) is 21.8. The highest BCUT2D eigenvalue weighted by Crippen LogP contribution is 2.48. The number of alkyl halides is 6. The third-order valence-corrected chi connectivity index (χ3v) is 8.25. The summed E-state index contributed by atoms with van der Waals surface area (Å²) in [5.74, 6) is 1.44. The molecule has 206 valence electrons. The van der Waals surface area contributed by atoms with Gasteiger partial charge in [0.2, 0.25) is 5.91 Å². The van der Waals surface area contributed by atoms with E-state index in [1.165, 1.54) is 4.90 Å². The predicted octanol–water partition coefficient (Wildman–Crippen LogP) is 7.05. The number of ether oxygens (including phenoxy) is 1. The van der Waals surface area contributed by atoms with E-state index in [1.54, 1.807) is 24.3 Å². The first kappa shape index (κ1) is 28.7. The number of carbonyl (C=O) groups is 1. The van der Waals surface area contributed by atoms with Crippen LogP contribution in [0.1, 0.15) is 29.5 Å². The Hall–Kier alpha value is -2.31. The Morgan fingerprint density at radius 3 is 2.34 bits per heavy atom. The number of hydrogen-bond donors (Lipinski definition) is 1. The van der Waals surface area contributed by atoms with E-state index >= 15 is 0 Å². The summed E-state index contributed by atoms with van der Waals surface area (Å²) in [4.78, 5) is 13.6. The molecular weight excluding hydrogens is 550 g/mol. The number of nitrogens with one attached hydrogen (secondary N) is 1. The van der Waals surface area contributed by atoms with Gasteiger partial charge >= 0.3 is 12.4 Å². The maximum Gasteiger partial charge on any atom is 0.418 e. The van der Waals surface area contributed by atoms with E-state index in [0.29, 0.717) is 22.3 Å². The van der Waals surface area contributed by atoms with Gasteiger partial charge in [-0.05, 0) is 60.3 Å². The number of hydrogen-bond acceptors (Lipinski definition) is 5. The molecule has 2 fully saturated rings. The molecule has 4 rings (SSSR count). The molecule has 0 atom stereocenters. The molecule has 2 heterocycles. The van der Waals surface area contributed by atoms with Gasteiger partial charge in [-0.15, -0.1) is 0 Å². The molecular formula is C26H26F6N2O2S2. The summed E-state index contributed by atoms with van der Waals surface area (Å²) in [6.07, 6.45) is -6.98. The highest BCUT2D eigenvalue weighted by molar-refractivity contribution is 7.99. The molecule has 2 aromatic carbocycles. The summed E-state index contributed by atoms with van der Waals surface area (Å²) in [5.41, 5.74) is -3.59. The summed E-state index contributed by atoms with van der Waals surface area (Å²) in [6.45, 7) is 1.08. The third-order valence-electron chi connectivity index (χ3n) is 6.15. The fourth-order valence-electron chi connectivity index (χ4n) is 4.31. The lowest BCUT2D eigenvalue weighted by Crippen LogP contribution is -2.39. The van der Waals surface area contributed by atoms with Crippen molar-refractivity contribution in [2.24, 2.45) is 0 Å². The SMILES string of the molecule is O=C(C=Cc1ccc(Sc2cccc(NC3CCSCC3)c2)c(C(F)(F)F)c1C(F)(F)F)N1CCOCC1. The summed E-state index contributed by atoms with van der Waals surface area (Å²) < 4.78 is 89.9. The van der Waals surface area contributed by atoms with Crippen molar-refractivity contribution in [2.75, 3.05) is 43.1 Å². The molecule has 12 heteroatoms. The first-order chi connectivity index (χ1) is 18.0. The summed E-state index contributed by atoms with van der Waals surface area (Å²) in [7, 11) is 0. The first-order valence-corrected chi connectivity index (χ1v) is 14.0. The van der Waals surface area contributed by atoms with Gasteiger partial charge in [0, 0.05) is 40.7 Å². The van der Waals surface area contributed by atoms with E-state index < -0.39 is 39.8 Å². The van der Waals surface area contributed by atoms with Gasteiger partial charge in [-0.3, -0.25) is 4.79 Å². The zero-order chi connectivity index (χ0) is 27.3. The molecule has 4 nitrogen and oxygen atoms in total. The number of benzene rings is 2. The Morgan fingerprint density at radius 1 is 1.00 bits per heavy atom. The van der Waals surface area contributed by atoms with Gasteiger partial charge in [0.25, 0.3) is 0 Å². The van der Waals surface area contributed by atoms with Crippen LogP contribution in [0.2, 0.25) is 0 Å². The average molecular weight is 577 g/mol. The average Bonchev–Trinajstić information content (AvgIpc) is 2.87. The Kier molecular flexibility index (Phi) is 9.25. The number of thioether (sulfide) groups is 1. The molecule has 2 aromatic rings. The van der Waals surface area contributed by atoms with Gasteiger partial charge in [0.1, 0.15) is 0 Å². The van der Waals surface area contributed by atoms with Crippen LogP contribution in [0.4, 0.5) is 32.0 Å². The standard InChI is InChI=1S/C26H26F6N2O2S2/c27-25(28,29)23-17(5-7-22(35)34-10-12-36-13-11-34)4-6-21(24(23)26(30,31)32)38-20-3-1-2-19(16-20)33-18-8-14-37-15-9-18/h1-7,16,18,33H,8-15H2. The van der Waals surface area contributed by atoms with Crippen LogP contribution in [0.5, 0.6) is 0 Å². The number of carbonyl (C=O) groups excluding carboxylic acids is 1.